The Morgan fingerprint density at radius 2 is 1.80 bits per heavy atom. The molecule has 1 unspecified atom stereocenters. The minimum atomic E-state index is -5.26. The Labute approximate surface area is 82.2 Å². The number of aliphatic carboxylic acids is 1. The van der Waals surface area contributed by atoms with E-state index in [1.807, 2.05) is 0 Å². The van der Waals surface area contributed by atoms with Gasteiger partial charge in [-0.3, -0.25) is 14.5 Å². The number of rotatable bonds is 4. The number of hydrogen-bond acceptors (Lipinski definition) is 3. The molecule has 10 heteroatoms. The first-order valence-corrected chi connectivity index (χ1v) is 4.75. The highest BCUT2D eigenvalue weighted by Crippen LogP contribution is 2.22. The Hall–Kier alpha value is -1.21. The second-order valence-electron chi connectivity index (χ2n) is 2.39. The van der Waals surface area contributed by atoms with Crippen LogP contribution in [-0.2, 0) is 14.2 Å². The van der Waals surface area contributed by atoms with Crippen molar-refractivity contribution in [2.24, 2.45) is 0 Å². The highest BCUT2D eigenvalue weighted by Gasteiger charge is 2.45. The van der Waals surface area contributed by atoms with Crippen LogP contribution < -0.4 is 0 Å². The van der Waals surface area contributed by atoms with Crippen molar-refractivity contribution in [2.45, 2.75) is 6.18 Å². The van der Waals surface area contributed by atoms with Gasteiger partial charge in [-0.15, -0.1) is 0 Å². The number of hydrogen-bond donors (Lipinski definition) is 2. The number of carboxylic acids is 1. The van der Waals surface area contributed by atoms with Crippen molar-refractivity contribution in [3.05, 3.63) is 0 Å². The molecule has 0 radical (unpaired) electrons. The summed E-state index contributed by atoms with van der Waals surface area (Å²) in [6.45, 7) is -1.28. The van der Waals surface area contributed by atoms with Gasteiger partial charge in [0, 0.05) is 0 Å². The molecule has 0 aromatic heterocycles. The highest BCUT2D eigenvalue weighted by molar-refractivity contribution is 7.37. The van der Waals surface area contributed by atoms with Crippen molar-refractivity contribution in [1.29, 1.82) is 0 Å². The van der Waals surface area contributed by atoms with Gasteiger partial charge in [-0.1, -0.05) is 0 Å². The molecule has 0 aliphatic rings. The third kappa shape index (κ3) is 5.28. The number of halogens is 3. The average molecular weight is 248 g/mol. The van der Waals surface area contributed by atoms with E-state index < -0.39 is 38.9 Å². The summed E-state index contributed by atoms with van der Waals surface area (Å²) < 4.78 is 45.7. The minimum absolute atomic E-state index is 0.249. The Balaban J connectivity index is 4.70. The molecule has 1 amide bonds. The molecule has 0 fully saturated rings. The van der Waals surface area contributed by atoms with E-state index in [-0.39, 0.29) is 4.90 Å². The first-order chi connectivity index (χ1) is 6.64. The van der Waals surface area contributed by atoms with Gasteiger partial charge < -0.3 is 5.11 Å². The maximum absolute atomic E-state index is 11.8. The lowest BCUT2D eigenvalue weighted by atomic mass is 10.5. The molecule has 0 saturated heterocycles. The summed E-state index contributed by atoms with van der Waals surface area (Å²) >= 11 is 0. The lowest BCUT2D eigenvalue weighted by molar-refractivity contribution is -0.185. The predicted molar refractivity (Wildman–Crippen MR) is 40.1 cm³/mol. The van der Waals surface area contributed by atoms with Gasteiger partial charge in [0.2, 0.25) is 0 Å². The van der Waals surface area contributed by atoms with Crippen molar-refractivity contribution < 1.29 is 37.3 Å². The van der Waals surface area contributed by atoms with Crippen molar-refractivity contribution >= 4 is 19.9 Å². The predicted octanol–water partition coefficient (Wildman–Crippen LogP) is 0.154. The maximum Gasteiger partial charge on any atom is 0.527 e. The van der Waals surface area contributed by atoms with Gasteiger partial charge >= 0.3 is 26.1 Å². The summed E-state index contributed by atoms with van der Waals surface area (Å²) in [4.78, 5) is 28.7. The molecule has 0 bridgehead atoms. The highest BCUT2D eigenvalue weighted by atomic mass is 31.1. The molecule has 2 N–H and O–H groups in total. The molecule has 6 nitrogen and oxygen atoms in total. The Morgan fingerprint density at radius 3 is 2.07 bits per heavy atom. The molecule has 0 aromatic carbocycles. The molecule has 1 atom stereocenters. The standard InChI is InChI=1S/C5H5F3NO5P/c6-5(7,8)4(12)9(1-3(10)11)2-15(13)14/h1-2H2,(H-,10,11,13,14)/p+1. The van der Waals surface area contributed by atoms with E-state index in [0.29, 0.717) is 0 Å². The average Bonchev–Trinajstić information content (AvgIpc) is 1.98. The number of amides is 1. The van der Waals surface area contributed by atoms with E-state index >= 15 is 0 Å². The van der Waals surface area contributed by atoms with E-state index in [9.17, 15) is 27.3 Å². The summed E-state index contributed by atoms with van der Waals surface area (Å²) in [5.74, 6) is -4.16. The zero-order valence-electron chi connectivity index (χ0n) is 7.06. The minimum Gasteiger partial charge on any atom is -0.480 e. The van der Waals surface area contributed by atoms with E-state index in [0.717, 1.165) is 0 Å². The SMILES string of the molecule is O=C(O)CN(C[P+](=O)O)C(=O)C(F)(F)F. The van der Waals surface area contributed by atoms with E-state index in [1.165, 1.54) is 0 Å². The van der Waals surface area contributed by atoms with E-state index in [2.05, 4.69) is 0 Å². The maximum atomic E-state index is 11.8. The van der Waals surface area contributed by atoms with Crippen LogP contribution >= 0.6 is 8.03 Å². The number of alkyl halides is 3. The number of nitrogens with zero attached hydrogens (tertiary/aromatic N) is 1. The summed E-state index contributed by atoms with van der Waals surface area (Å²) in [5, 5.41) is 8.17. The smallest absolute Gasteiger partial charge is 0.480 e. The van der Waals surface area contributed by atoms with E-state index in [1.54, 1.807) is 0 Å². The van der Waals surface area contributed by atoms with Crippen molar-refractivity contribution in [2.75, 3.05) is 12.8 Å². The molecule has 0 spiro atoms. The largest absolute Gasteiger partial charge is 0.527 e. The molecule has 0 rings (SSSR count). The molecular formula is C5H6F3NO5P+. The van der Waals surface area contributed by atoms with Crippen molar-refractivity contribution in [1.82, 2.24) is 4.90 Å². The summed E-state index contributed by atoms with van der Waals surface area (Å²) in [6, 6.07) is 0. The second kappa shape index (κ2) is 5.04. The fraction of sp³-hybridized carbons (Fsp3) is 0.600. The van der Waals surface area contributed by atoms with Crippen LogP contribution in [0.4, 0.5) is 13.2 Å². The lowest BCUT2D eigenvalue weighted by Crippen LogP contribution is -2.43. The van der Waals surface area contributed by atoms with Gasteiger partial charge in [-0.2, -0.15) is 18.1 Å². The summed E-state index contributed by atoms with van der Waals surface area (Å²) in [6.07, 6.45) is -6.43. The molecule has 0 aliphatic heterocycles. The van der Waals surface area contributed by atoms with Crippen molar-refractivity contribution in [3.63, 3.8) is 0 Å². The number of carboxylic acid groups (broad SMARTS) is 1. The van der Waals surface area contributed by atoms with Crippen molar-refractivity contribution in [3.8, 4) is 0 Å². The van der Waals surface area contributed by atoms with Gasteiger partial charge in [0.15, 0.2) is 0 Å². The second-order valence-corrected chi connectivity index (χ2v) is 3.38. The van der Waals surface area contributed by atoms with Gasteiger partial charge in [0.25, 0.3) is 6.29 Å². The Kier molecular flexibility index (Phi) is 4.63. The van der Waals surface area contributed by atoms with Crippen LogP contribution in [0.25, 0.3) is 0 Å². The quantitative estimate of drug-likeness (QED) is 0.690. The first kappa shape index (κ1) is 13.8. The first-order valence-electron chi connectivity index (χ1n) is 3.36. The normalized spacial score (nSPS) is 12.1. The zero-order chi connectivity index (χ0) is 12.2. The lowest BCUT2D eigenvalue weighted by Gasteiger charge is -2.16. The van der Waals surface area contributed by atoms with Crippen LogP contribution in [0.2, 0.25) is 0 Å². The monoisotopic (exact) mass is 248 g/mol. The molecule has 0 aromatic rings. The fourth-order valence-corrected chi connectivity index (χ4v) is 1.20. The molecule has 0 heterocycles. The fourth-order valence-electron chi connectivity index (χ4n) is 0.675. The van der Waals surface area contributed by atoms with Crippen LogP contribution in [0, 0.1) is 0 Å². The number of carbonyl (C=O) groups excluding carboxylic acids is 1. The molecule has 0 aliphatic carbocycles. The van der Waals surface area contributed by atoms with Gasteiger partial charge in [-0.05, 0) is 4.57 Å². The van der Waals surface area contributed by atoms with Crippen LogP contribution in [0.5, 0.6) is 0 Å². The van der Waals surface area contributed by atoms with Crippen LogP contribution in [0.1, 0.15) is 0 Å². The third-order valence-corrected chi connectivity index (χ3v) is 1.73. The zero-order valence-corrected chi connectivity index (χ0v) is 7.96. The summed E-state index contributed by atoms with van der Waals surface area (Å²) in [7, 11) is -3.06. The molecule has 15 heavy (non-hydrogen) atoms. The molecule has 0 saturated carbocycles. The Bertz CT molecular complexity index is 275. The van der Waals surface area contributed by atoms with Crippen LogP contribution in [0.3, 0.4) is 0 Å². The van der Waals surface area contributed by atoms with Gasteiger partial charge in [-0.25, -0.2) is 0 Å². The Morgan fingerprint density at radius 1 is 1.33 bits per heavy atom. The third-order valence-electron chi connectivity index (χ3n) is 1.15. The van der Waals surface area contributed by atoms with E-state index in [4.69, 9.17) is 10.00 Å². The van der Waals surface area contributed by atoms with Crippen LogP contribution in [-0.4, -0.2) is 45.8 Å². The summed E-state index contributed by atoms with van der Waals surface area (Å²) in [5.41, 5.74) is 0. The number of carbonyl (C=O) groups is 2. The topological polar surface area (TPSA) is 94.9 Å². The van der Waals surface area contributed by atoms with Crippen LogP contribution in [0.15, 0.2) is 0 Å². The molecule has 86 valence electrons. The van der Waals surface area contributed by atoms with Gasteiger partial charge in [0.05, 0.1) is 0 Å². The van der Waals surface area contributed by atoms with Gasteiger partial charge in [0.1, 0.15) is 6.54 Å². The molecular weight excluding hydrogens is 242 g/mol.